The molecule has 0 atom stereocenters. The number of hydrogen-bond donors (Lipinski definition) is 0. The number of allylic oxidation sites excluding steroid dienone is 1. The molecular formula is C19H12Cl2O4S2. The summed E-state index contributed by atoms with van der Waals surface area (Å²) in [5.41, 5.74) is 0.411. The highest BCUT2D eigenvalue weighted by Crippen LogP contribution is 2.28. The first-order chi connectivity index (χ1) is 12.8. The zero-order chi connectivity index (χ0) is 19.4. The molecule has 0 amide bonds. The van der Waals surface area contributed by atoms with Gasteiger partial charge in [-0.3, -0.25) is 4.79 Å². The average Bonchev–Trinajstić information content (AvgIpc) is 3.15. The minimum absolute atomic E-state index is 0.00455. The number of ketones is 1. The summed E-state index contributed by atoms with van der Waals surface area (Å²) in [6, 6.07) is 13.7. The lowest BCUT2D eigenvalue weighted by Crippen LogP contribution is -2.10. The normalized spacial score (nSPS) is 11.6. The summed E-state index contributed by atoms with van der Waals surface area (Å²) in [4.78, 5) is 12.9. The summed E-state index contributed by atoms with van der Waals surface area (Å²) in [6.07, 6.45) is 3.19. The van der Waals surface area contributed by atoms with Crippen LogP contribution in [0.4, 0.5) is 0 Å². The minimum atomic E-state index is -4.15. The number of halogens is 2. The molecule has 1 aromatic heterocycles. The first-order valence-electron chi connectivity index (χ1n) is 7.61. The number of thiophene rings is 1. The molecule has 2 aromatic carbocycles. The molecule has 0 aliphatic rings. The molecule has 3 rings (SSSR count). The molecule has 138 valence electrons. The lowest BCUT2D eigenvalue weighted by atomic mass is 10.1. The van der Waals surface area contributed by atoms with Crippen molar-refractivity contribution >= 4 is 56.5 Å². The number of carbonyl (C=O) groups is 1. The van der Waals surface area contributed by atoms with Crippen molar-refractivity contribution in [3.8, 4) is 5.75 Å². The van der Waals surface area contributed by atoms with Crippen LogP contribution >= 0.6 is 34.5 Å². The summed E-state index contributed by atoms with van der Waals surface area (Å²) < 4.78 is 29.8. The van der Waals surface area contributed by atoms with Gasteiger partial charge in [-0.2, -0.15) is 8.42 Å². The van der Waals surface area contributed by atoms with E-state index in [9.17, 15) is 13.2 Å². The number of hydrogen-bond acceptors (Lipinski definition) is 5. The van der Waals surface area contributed by atoms with Gasteiger partial charge >= 0.3 is 10.1 Å². The molecule has 8 heteroatoms. The molecule has 4 nitrogen and oxygen atoms in total. The molecule has 0 fully saturated rings. The predicted octanol–water partition coefficient (Wildman–Crippen LogP) is 5.72. The zero-order valence-electron chi connectivity index (χ0n) is 13.6. The fourth-order valence-corrected chi connectivity index (χ4v) is 4.44. The summed E-state index contributed by atoms with van der Waals surface area (Å²) in [6.45, 7) is 0. The molecule has 0 N–H and O–H groups in total. The van der Waals surface area contributed by atoms with Crippen molar-refractivity contribution in [2.45, 2.75) is 4.90 Å². The van der Waals surface area contributed by atoms with Gasteiger partial charge in [0, 0.05) is 15.5 Å². The Morgan fingerprint density at radius 2 is 1.78 bits per heavy atom. The van der Waals surface area contributed by atoms with E-state index >= 15 is 0 Å². The second-order valence-electron chi connectivity index (χ2n) is 5.35. The minimum Gasteiger partial charge on any atom is -0.379 e. The van der Waals surface area contributed by atoms with E-state index in [0.717, 1.165) is 4.88 Å². The lowest BCUT2D eigenvalue weighted by molar-refractivity contribution is 0.104. The molecule has 0 saturated carbocycles. The van der Waals surface area contributed by atoms with Gasteiger partial charge in [0.05, 0.1) is 5.02 Å². The number of carbonyl (C=O) groups excluding carboxylic acids is 1. The molecule has 0 radical (unpaired) electrons. The van der Waals surface area contributed by atoms with Crippen LogP contribution in [0.2, 0.25) is 10.0 Å². The smallest absolute Gasteiger partial charge is 0.340 e. The maximum absolute atomic E-state index is 12.4. The van der Waals surface area contributed by atoms with E-state index in [-0.39, 0.29) is 26.5 Å². The summed E-state index contributed by atoms with van der Waals surface area (Å²) in [5.74, 6) is -0.138. The van der Waals surface area contributed by atoms with Gasteiger partial charge in [0.2, 0.25) is 0 Å². The van der Waals surface area contributed by atoms with Gasteiger partial charge in [0.15, 0.2) is 5.78 Å². The van der Waals surface area contributed by atoms with Crippen LogP contribution in [0.25, 0.3) is 6.08 Å². The Labute approximate surface area is 170 Å². The molecule has 0 saturated heterocycles. The lowest BCUT2D eigenvalue weighted by Gasteiger charge is -2.09. The van der Waals surface area contributed by atoms with Crippen LogP contribution in [0.15, 0.2) is 70.9 Å². The SMILES string of the molecule is O=C(/C=C\c1cccs1)c1ccc(OS(=O)(=O)c2cc(Cl)ccc2Cl)cc1. The monoisotopic (exact) mass is 438 g/mol. The number of benzene rings is 2. The molecule has 0 aliphatic heterocycles. The molecule has 1 heterocycles. The molecule has 27 heavy (non-hydrogen) atoms. The van der Waals surface area contributed by atoms with Crippen molar-refractivity contribution in [1.82, 2.24) is 0 Å². The van der Waals surface area contributed by atoms with Gasteiger partial charge in [-0.1, -0.05) is 29.3 Å². The third kappa shape index (κ3) is 4.99. The second kappa shape index (κ2) is 8.27. The van der Waals surface area contributed by atoms with E-state index in [2.05, 4.69) is 0 Å². The van der Waals surface area contributed by atoms with Crippen LogP contribution in [-0.2, 0) is 10.1 Å². The van der Waals surface area contributed by atoms with Crippen LogP contribution in [0.1, 0.15) is 15.2 Å². The van der Waals surface area contributed by atoms with Crippen molar-refractivity contribution in [2.24, 2.45) is 0 Å². The Kier molecular flexibility index (Phi) is 6.01. The zero-order valence-corrected chi connectivity index (χ0v) is 16.8. The van der Waals surface area contributed by atoms with Crippen molar-refractivity contribution < 1.29 is 17.4 Å². The van der Waals surface area contributed by atoms with Crippen LogP contribution < -0.4 is 4.18 Å². The maximum Gasteiger partial charge on any atom is 0.340 e. The van der Waals surface area contributed by atoms with Crippen molar-refractivity contribution in [3.63, 3.8) is 0 Å². The molecular weight excluding hydrogens is 427 g/mol. The Balaban J connectivity index is 1.75. The molecule has 3 aromatic rings. The van der Waals surface area contributed by atoms with E-state index in [4.69, 9.17) is 27.4 Å². The van der Waals surface area contributed by atoms with Crippen molar-refractivity contribution in [2.75, 3.05) is 0 Å². The highest BCUT2D eigenvalue weighted by Gasteiger charge is 2.21. The largest absolute Gasteiger partial charge is 0.379 e. The molecule has 0 bridgehead atoms. The van der Waals surface area contributed by atoms with E-state index < -0.39 is 10.1 Å². The standard InChI is InChI=1S/C19H12Cl2O4S2/c20-14-5-9-17(21)19(12-14)27(23,24)25-15-6-3-13(4-7-15)18(22)10-8-16-2-1-11-26-16/h1-12H/b10-8-. The fraction of sp³-hybridized carbons (Fsp3) is 0. The highest BCUT2D eigenvalue weighted by atomic mass is 35.5. The van der Waals surface area contributed by atoms with E-state index in [0.29, 0.717) is 5.56 Å². The summed E-state index contributed by atoms with van der Waals surface area (Å²) in [7, 11) is -4.15. The Morgan fingerprint density at radius 3 is 2.44 bits per heavy atom. The average molecular weight is 439 g/mol. The Hall–Kier alpha value is -2.12. The Bertz CT molecular complexity index is 1090. The molecule has 0 unspecified atom stereocenters. The van der Waals surface area contributed by atoms with Crippen LogP contribution in [-0.4, -0.2) is 14.2 Å². The van der Waals surface area contributed by atoms with Crippen LogP contribution in [0.3, 0.4) is 0 Å². The quantitative estimate of drug-likeness (QED) is 0.280. The fourth-order valence-electron chi connectivity index (χ4n) is 2.16. The topological polar surface area (TPSA) is 60.4 Å². The van der Waals surface area contributed by atoms with Gasteiger partial charge in [0.25, 0.3) is 0 Å². The van der Waals surface area contributed by atoms with Gasteiger partial charge < -0.3 is 4.18 Å². The molecule has 0 spiro atoms. The number of rotatable bonds is 6. The van der Waals surface area contributed by atoms with E-state index in [1.165, 1.54) is 59.9 Å². The van der Waals surface area contributed by atoms with Crippen molar-refractivity contribution in [1.29, 1.82) is 0 Å². The summed E-state index contributed by atoms with van der Waals surface area (Å²) >= 11 is 13.3. The van der Waals surface area contributed by atoms with Gasteiger partial charge in [-0.15, -0.1) is 11.3 Å². The predicted molar refractivity (Wildman–Crippen MR) is 108 cm³/mol. The van der Waals surface area contributed by atoms with Crippen molar-refractivity contribution in [3.05, 3.63) is 86.5 Å². The molecule has 0 aliphatic carbocycles. The van der Waals surface area contributed by atoms with Crippen LogP contribution in [0.5, 0.6) is 5.75 Å². The first kappa shape index (κ1) is 19.6. The Morgan fingerprint density at radius 1 is 1.04 bits per heavy atom. The van der Waals surface area contributed by atoms with Gasteiger partial charge in [-0.25, -0.2) is 0 Å². The second-order valence-corrected chi connectivity index (χ2v) is 8.69. The first-order valence-corrected chi connectivity index (χ1v) is 10.6. The van der Waals surface area contributed by atoms with Crippen LogP contribution in [0, 0.1) is 0 Å². The van der Waals surface area contributed by atoms with E-state index in [1.807, 2.05) is 17.5 Å². The highest BCUT2D eigenvalue weighted by molar-refractivity contribution is 7.87. The third-order valence-electron chi connectivity index (χ3n) is 3.45. The third-order valence-corrected chi connectivity index (χ3v) is 6.25. The van der Waals surface area contributed by atoms with Gasteiger partial charge in [-0.05, 0) is 66.1 Å². The summed E-state index contributed by atoms with van der Waals surface area (Å²) in [5, 5.41) is 2.15. The maximum atomic E-state index is 12.4. The van der Waals surface area contributed by atoms with E-state index in [1.54, 1.807) is 6.08 Å². The van der Waals surface area contributed by atoms with Gasteiger partial charge in [0.1, 0.15) is 10.6 Å².